The Morgan fingerprint density at radius 2 is 2.44 bits per heavy atom. The average Bonchev–Trinajstić information content (AvgIpc) is 2.97. The van der Waals surface area contributed by atoms with Gasteiger partial charge in [0.2, 0.25) is 0 Å². The van der Waals surface area contributed by atoms with Gasteiger partial charge < -0.3 is 9.32 Å². The highest BCUT2D eigenvalue weighted by Crippen LogP contribution is 2.20. The van der Waals surface area contributed by atoms with Gasteiger partial charge in [-0.05, 0) is 24.5 Å². The van der Waals surface area contributed by atoms with Crippen molar-refractivity contribution in [3.8, 4) is 0 Å². The van der Waals surface area contributed by atoms with Gasteiger partial charge >= 0.3 is 0 Å². The van der Waals surface area contributed by atoms with E-state index in [1.807, 2.05) is 17.9 Å². The maximum Gasteiger partial charge on any atom is 0.289 e. The zero-order valence-corrected chi connectivity index (χ0v) is 10.2. The molecule has 2 rings (SSSR count). The largest absolute Gasteiger partial charge is 0.456 e. The lowest BCUT2D eigenvalue weighted by molar-refractivity contribution is 0.0755. The summed E-state index contributed by atoms with van der Waals surface area (Å²) in [6.07, 6.45) is 1.81. The zero-order valence-electron chi connectivity index (χ0n) is 9.41. The van der Waals surface area contributed by atoms with Crippen LogP contribution in [0.4, 0.5) is 0 Å². The van der Waals surface area contributed by atoms with Gasteiger partial charge in [-0.15, -0.1) is 11.6 Å². The van der Waals surface area contributed by atoms with Crippen LogP contribution in [-0.4, -0.2) is 29.8 Å². The van der Waals surface area contributed by atoms with Gasteiger partial charge in [0.15, 0.2) is 5.76 Å². The van der Waals surface area contributed by atoms with E-state index < -0.39 is 0 Å². The average molecular weight is 242 g/mol. The Hall–Kier alpha value is -0.960. The maximum atomic E-state index is 12.0. The fourth-order valence-corrected chi connectivity index (χ4v) is 2.23. The fraction of sp³-hybridized carbons (Fsp3) is 0.583. The minimum atomic E-state index is -0.00711. The molecule has 1 aliphatic heterocycles. The molecule has 0 radical (unpaired) electrons. The highest BCUT2D eigenvalue weighted by atomic mass is 35.5. The summed E-state index contributed by atoms with van der Waals surface area (Å²) in [5.74, 6) is 2.37. The number of nitrogens with zero attached hydrogens (tertiary/aromatic N) is 1. The molecule has 0 bridgehead atoms. The molecule has 1 fully saturated rings. The number of alkyl halides is 1. The molecule has 1 unspecified atom stereocenters. The maximum absolute atomic E-state index is 12.0. The number of furan rings is 1. The van der Waals surface area contributed by atoms with Gasteiger partial charge in [0.25, 0.3) is 5.91 Å². The summed E-state index contributed by atoms with van der Waals surface area (Å²) in [6.45, 7) is 3.55. The van der Waals surface area contributed by atoms with Crippen LogP contribution in [0.15, 0.2) is 16.5 Å². The molecule has 1 atom stereocenters. The highest BCUT2D eigenvalue weighted by Gasteiger charge is 2.27. The first kappa shape index (κ1) is 11.5. The van der Waals surface area contributed by atoms with Crippen molar-refractivity contribution in [1.82, 2.24) is 4.90 Å². The monoisotopic (exact) mass is 241 g/mol. The van der Waals surface area contributed by atoms with Gasteiger partial charge in [0, 0.05) is 25.4 Å². The molecule has 1 aliphatic rings. The van der Waals surface area contributed by atoms with Crippen molar-refractivity contribution >= 4 is 17.5 Å². The Balaban J connectivity index is 2.02. The Bertz CT molecular complexity index is 375. The standard InChI is InChI=1S/C12H16ClNO2/c1-2-10-3-4-11(16-10)12(15)14-6-5-9(7-13)8-14/h3-4,9H,2,5-8H2,1H3. The Morgan fingerprint density at radius 1 is 1.62 bits per heavy atom. The molecule has 2 heterocycles. The van der Waals surface area contributed by atoms with Crippen LogP contribution in [0.25, 0.3) is 0 Å². The number of carbonyl (C=O) groups is 1. The van der Waals surface area contributed by atoms with E-state index in [0.717, 1.165) is 31.7 Å². The van der Waals surface area contributed by atoms with E-state index in [1.54, 1.807) is 6.07 Å². The summed E-state index contributed by atoms with van der Waals surface area (Å²) in [5.41, 5.74) is 0. The topological polar surface area (TPSA) is 33.5 Å². The third kappa shape index (κ3) is 2.24. The van der Waals surface area contributed by atoms with Gasteiger partial charge in [-0.3, -0.25) is 4.79 Å². The number of hydrogen-bond donors (Lipinski definition) is 0. The SMILES string of the molecule is CCc1ccc(C(=O)N2CCC(CCl)C2)o1. The first-order valence-electron chi connectivity index (χ1n) is 5.68. The summed E-state index contributed by atoms with van der Waals surface area (Å²) < 4.78 is 5.45. The predicted molar refractivity (Wildman–Crippen MR) is 62.8 cm³/mol. The highest BCUT2D eigenvalue weighted by molar-refractivity contribution is 6.18. The van der Waals surface area contributed by atoms with Crippen molar-refractivity contribution in [2.75, 3.05) is 19.0 Å². The molecule has 1 aromatic heterocycles. The van der Waals surface area contributed by atoms with Gasteiger partial charge in [-0.1, -0.05) is 6.92 Å². The Morgan fingerprint density at radius 3 is 3.00 bits per heavy atom. The Kier molecular flexibility index (Phi) is 3.54. The number of likely N-dealkylation sites (tertiary alicyclic amines) is 1. The second kappa shape index (κ2) is 4.91. The van der Waals surface area contributed by atoms with Crippen LogP contribution in [0, 0.1) is 5.92 Å². The lowest BCUT2D eigenvalue weighted by Crippen LogP contribution is -2.28. The molecule has 4 heteroatoms. The number of amides is 1. The van der Waals surface area contributed by atoms with Crippen molar-refractivity contribution in [2.45, 2.75) is 19.8 Å². The van der Waals surface area contributed by atoms with Gasteiger partial charge in [-0.25, -0.2) is 0 Å². The molecule has 3 nitrogen and oxygen atoms in total. The van der Waals surface area contributed by atoms with Crippen LogP contribution < -0.4 is 0 Å². The smallest absolute Gasteiger partial charge is 0.289 e. The summed E-state index contributed by atoms with van der Waals surface area (Å²) in [5, 5.41) is 0. The van der Waals surface area contributed by atoms with E-state index in [-0.39, 0.29) is 5.91 Å². The summed E-state index contributed by atoms with van der Waals surface area (Å²) >= 11 is 5.79. The third-order valence-corrected chi connectivity index (χ3v) is 3.45. The molecule has 0 saturated carbocycles. The van der Waals surface area contributed by atoms with Gasteiger partial charge in [0.1, 0.15) is 5.76 Å². The number of carbonyl (C=O) groups excluding carboxylic acids is 1. The molecule has 1 amide bonds. The van der Waals surface area contributed by atoms with Crippen LogP contribution in [0.5, 0.6) is 0 Å². The van der Waals surface area contributed by atoms with Gasteiger partial charge in [-0.2, -0.15) is 0 Å². The summed E-state index contributed by atoms with van der Waals surface area (Å²) in [6, 6.07) is 3.62. The lowest BCUT2D eigenvalue weighted by atomic mass is 10.2. The van der Waals surface area contributed by atoms with E-state index in [2.05, 4.69) is 0 Å². The normalized spacial score (nSPS) is 20.4. The molecule has 88 valence electrons. The first-order valence-corrected chi connectivity index (χ1v) is 6.22. The Labute approximate surface area is 100 Å². The molecule has 1 aromatic rings. The van der Waals surface area contributed by atoms with E-state index in [0.29, 0.717) is 17.6 Å². The number of rotatable bonds is 3. The van der Waals surface area contributed by atoms with Crippen molar-refractivity contribution in [1.29, 1.82) is 0 Å². The van der Waals surface area contributed by atoms with Crippen molar-refractivity contribution in [3.63, 3.8) is 0 Å². The van der Waals surface area contributed by atoms with Crippen molar-refractivity contribution in [3.05, 3.63) is 23.7 Å². The molecule has 16 heavy (non-hydrogen) atoms. The second-order valence-corrected chi connectivity index (χ2v) is 4.49. The summed E-state index contributed by atoms with van der Waals surface area (Å²) in [7, 11) is 0. The van der Waals surface area contributed by atoms with E-state index in [4.69, 9.17) is 16.0 Å². The van der Waals surface area contributed by atoms with E-state index in [1.165, 1.54) is 0 Å². The summed E-state index contributed by atoms with van der Waals surface area (Å²) in [4.78, 5) is 13.9. The van der Waals surface area contributed by atoms with Crippen LogP contribution in [-0.2, 0) is 6.42 Å². The number of aryl methyl sites for hydroxylation is 1. The quantitative estimate of drug-likeness (QED) is 0.762. The van der Waals surface area contributed by atoms with Gasteiger partial charge in [0.05, 0.1) is 0 Å². The minimum absolute atomic E-state index is 0.00711. The molecule has 0 aromatic carbocycles. The molecule has 0 aliphatic carbocycles. The third-order valence-electron chi connectivity index (χ3n) is 3.01. The van der Waals surface area contributed by atoms with Crippen LogP contribution in [0.3, 0.4) is 0 Å². The first-order chi connectivity index (χ1) is 7.74. The van der Waals surface area contributed by atoms with E-state index in [9.17, 15) is 4.79 Å². The molecular formula is C12H16ClNO2. The molecule has 1 saturated heterocycles. The van der Waals surface area contributed by atoms with Crippen LogP contribution >= 0.6 is 11.6 Å². The fourth-order valence-electron chi connectivity index (χ4n) is 1.98. The van der Waals surface area contributed by atoms with Crippen LogP contribution in [0.1, 0.15) is 29.7 Å². The minimum Gasteiger partial charge on any atom is -0.456 e. The number of hydrogen-bond acceptors (Lipinski definition) is 2. The predicted octanol–water partition coefficient (Wildman–Crippen LogP) is 2.54. The lowest BCUT2D eigenvalue weighted by Gasteiger charge is -2.14. The second-order valence-electron chi connectivity index (χ2n) is 4.18. The molecule has 0 spiro atoms. The van der Waals surface area contributed by atoms with Crippen LogP contribution in [0.2, 0.25) is 0 Å². The van der Waals surface area contributed by atoms with Crippen molar-refractivity contribution < 1.29 is 9.21 Å². The zero-order chi connectivity index (χ0) is 11.5. The van der Waals surface area contributed by atoms with Crippen molar-refractivity contribution in [2.24, 2.45) is 5.92 Å². The molecule has 0 N–H and O–H groups in total. The van der Waals surface area contributed by atoms with E-state index >= 15 is 0 Å². The molecular weight excluding hydrogens is 226 g/mol. The number of halogens is 1.